The van der Waals surface area contributed by atoms with E-state index in [2.05, 4.69) is 5.32 Å². The Kier molecular flexibility index (Phi) is 3.48. The molecule has 0 aliphatic carbocycles. The molecule has 0 aromatic heterocycles. The fourth-order valence-electron chi connectivity index (χ4n) is 1.13. The molecule has 86 valence electrons. The van der Waals surface area contributed by atoms with E-state index in [4.69, 9.17) is 5.26 Å². The molecular formula is C12H14F2N2. The molecule has 0 spiro atoms. The van der Waals surface area contributed by atoms with Gasteiger partial charge in [0, 0.05) is 6.54 Å². The lowest BCUT2D eigenvalue weighted by atomic mass is 9.97. The van der Waals surface area contributed by atoms with E-state index >= 15 is 0 Å². The lowest BCUT2D eigenvalue weighted by Gasteiger charge is -2.20. The Morgan fingerprint density at radius 2 is 1.88 bits per heavy atom. The number of rotatable bonds is 2. The Bertz CT molecular complexity index is 428. The number of nitriles is 1. The molecule has 16 heavy (non-hydrogen) atoms. The minimum Gasteiger partial charge on any atom is -0.382 e. The second-order valence-electron chi connectivity index (χ2n) is 4.81. The molecular weight excluding hydrogens is 210 g/mol. The van der Waals surface area contributed by atoms with E-state index in [1.165, 1.54) is 12.1 Å². The van der Waals surface area contributed by atoms with Crippen LogP contribution in [-0.2, 0) is 0 Å². The number of halogens is 2. The highest BCUT2D eigenvalue weighted by Gasteiger charge is 2.15. The summed E-state index contributed by atoms with van der Waals surface area (Å²) in [5.74, 6) is -2.09. The quantitative estimate of drug-likeness (QED) is 0.836. The molecule has 0 amide bonds. The normalized spacial score (nSPS) is 11.0. The molecule has 0 radical (unpaired) electrons. The summed E-state index contributed by atoms with van der Waals surface area (Å²) in [5, 5.41) is 11.3. The summed E-state index contributed by atoms with van der Waals surface area (Å²) in [6, 6.07) is 4.24. The van der Waals surface area contributed by atoms with Gasteiger partial charge in [-0.3, -0.25) is 0 Å². The van der Waals surface area contributed by atoms with Crippen molar-refractivity contribution in [1.29, 1.82) is 5.26 Å². The predicted molar refractivity (Wildman–Crippen MR) is 59.0 cm³/mol. The van der Waals surface area contributed by atoms with Gasteiger partial charge < -0.3 is 5.32 Å². The van der Waals surface area contributed by atoms with Crippen molar-refractivity contribution in [3.8, 4) is 6.07 Å². The summed E-state index contributed by atoms with van der Waals surface area (Å²) in [6.07, 6.45) is 0. The maximum Gasteiger partial charge on any atom is 0.183 e. The van der Waals surface area contributed by atoms with Crippen molar-refractivity contribution < 1.29 is 8.78 Å². The molecule has 0 aliphatic heterocycles. The Hall–Kier alpha value is -1.63. The van der Waals surface area contributed by atoms with Gasteiger partial charge in [-0.05, 0) is 17.5 Å². The van der Waals surface area contributed by atoms with Crippen LogP contribution in [-0.4, -0.2) is 6.54 Å². The van der Waals surface area contributed by atoms with E-state index < -0.39 is 11.6 Å². The zero-order valence-electron chi connectivity index (χ0n) is 9.56. The molecule has 1 rings (SSSR count). The summed E-state index contributed by atoms with van der Waals surface area (Å²) in [4.78, 5) is 0. The molecule has 0 heterocycles. The van der Waals surface area contributed by atoms with Crippen molar-refractivity contribution >= 4 is 5.69 Å². The molecule has 1 aromatic carbocycles. The van der Waals surface area contributed by atoms with Crippen molar-refractivity contribution in [1.82, 2.24) is 0 Å². The molecule has 0 fully saturated rings. The Morgan fingerprint density at radius 3 is 2.38 bits per heavy atom. The van der Waals surface area contributed by atoms with Crippen LogP contribution in [0.4, 0.5) is 14.5 Å². The van der Waals surface area contributed by atoms with E-state index in [9.17, 15) is 8.78 Å². The van der Waals surface area contributed by atoms with Gasteiger partial charge in [0.2, 0.25) is 0 Å². The van der Waals surface area contributed by atoms with Crippen LogP contribution in [0.2, 0.25) is 0 Å². The molecule has 0 atom stereocenters. The lowest BCUT2D eigenvalue weighted by molar-refractivity contribution is 0.440. The molecule has 0 bridgehead atoms. The topological polar surface area (TPSA) is 35.8 Å². The van der Waals surface area contributed by atoms with E-state index in [0.29, 0.717) is 6.54 Å². The number of anilines is 1. The number of hydrogen-bond acceptors (Lipinski definition) is 2. The second kappa shape index (κ2) is 4.48. The summed E-state index contributed by atoms with van der Waals surface area (Å²) in [5.41, 5.74) is -0.221. The maximum atomic E-state index is 13.4. The minimum atomic E-state index is -1.10. The summed E-state index contributed by atoms with van der Waals surface area (Å²) in [7, 11) is 0. The van der Waals surface area contributed by atoms with E-state index in [1.807, 2.05) is 20.8 Å². The molecule has 1 N–H and O–H groups in total. The van der Waals surface area contributed by atoms with Gasteiger partial charge in [-0.1, -0.05) is 20.8 Å². The van der Waals surface area contributed by atoms with Gasteiger partial charge in [0.1, 0.15) is 6.07 Å². The van der Waals surface area contributed by atoms with Gasteiger partial charge in [0.25, 0.3) is 0 Å². The number of nitrogens with one attached hydrogen (secondary N) is 1. The standard InChI is InChI=1S/C12H14F2N2/c1-12(2,3)7-16-9-5-4-8(6-15)10(13)11(9)14/h4-5,16H,7H2,1-3H3. The average molecular weight is 224 g/mol. The number of hydrogen-bond donors (Lipinski definition) is 1. The van der Waals surface area contributed by atoms with Crippen LogP contribution < -0.4 is 5.32 Å². The zero-order chi connectivity index (χ0) is 12.3. The fraction of sp³-hybridized carbons (Fsp3) is 0.417. The first-order chi connectivity index (χ1) is 7.35. The first-order valence-electron chi connectivity index (χ1n) is 4.97. The third kappa shape index (κ3) is 2.93. The molecule has 0 saturated heterocycles. The number of benzene rings is 1. The SMILES string of the molecule is CC(C)(C)CNc1ccc(C#N)c(F)c1F. The van der Waals surface area contributed by atoms with Crippen LogP contribution in [0, 0.1) is 28.4 Å². The van der Waals surface area contributed by atoms with Crippen molar-refractivity contribution in [2.75, 3.05) is 11.9 Å². The van der Waals surface area contributed by atoms with Crippen LogP contribution in [0.1, 0.15) is 26.3 Å². The van der Waals surface area contributed by atoms with Crippen LogP contribution in [0.5, 0.6) is 0 Å². The van der Waals surface area contributed by atoms with Crippen LogP contribution >= 0.6 is 0 Å². The van der Waals surface area contributed by atoms with Crippen molar-refractivity contribution in [2.45, 2.75) is 20.8 Å². The van der Waals surface area contributed by atoms with E-state index in [1.54, 1.807) is 6.07 Å². The Labute approximate surface area is 93.9 Å². The van der Waals surface area contributed by atoms with Crippen LogP contribution in [0.3, 0.4) is 0 Å². The first-order valence-corrected chi connectivity index (χ1v) is 4.97. The summed E-state index contributed by atoms with van der Waals surface area (Å²) >= 11 is 0. The predicted octanol–water partition coefficient (Wildman–Crippen LogP) is 3.29. The van der Waals surface area contributed by atoms with Gasteiger partial charge in [0.05, 0.1) is 11.3 Å². The van der Waals surface area contributed by atoms with Crippen LogP contribution in [0.15, 0.2) is 12.1 Å². The highest BCUT2D eigenvalue weighted by molar-refractivity contribution is 5.49. The van der Waals surface area contributed by atoms with Crippen LogP contribution in [0.25, 0.3) is 0 Å². The first kappa shape index (κ1) is 12.4. The molecule has 0 unspecified atom stereocenters. The molecule has 0 saturated carbocycles. The van der Waals surface area contributed by atoms with Gasteiger partial charge in [-0.2, -0.15) is 5.26 Å². The highest BCUT2D eigenvalue weighted by Crippen LogP contribution is 2.22. The maximum absolute atomic E-state index is 13.4. The van der Waals surface area contributed by atoms with E-state index in [0.717, 1.165) is 0 Å². The second-order valence-corrected chi connectivity index (χ2v) is 4.81. The smallest absolute Gasteiger partial charge is 0.183 e. The van der Waals surface area contributed by atoms with Gasteiger partial charge in [0.15, 0.2) is 11.6 Å². The van der Waals surface area contributed by atoms with E-state index in [-0.39, 0.29) is 16.7 Å². The van der Waals surface area contributed by atoms with Gasteiger partial charge >= 0.3 is 0 Å². The highest BCUT2D eigenvalue weighted by atomic mass is 19.2. The minimum absolute atomic E-state index is 0.0309. The number of nitrogens with zero attached hydrogens (tertiary/aromatic N) is 1. The fourth-order valence-corrected chi connectivity index (χ4v) is 1.13. The third-order valence-electron chi connectivity index (χ3n) is 2.01. The summed E-state index contributed by atoms with van der Waals surface area (Å²) < 4.78 is 26.7. The molecule has 2 nitrogen and oxygen atoms in total. The third-order valence-corrected chi connectivity index (χ3v) is 2.01. The average Bonchev–Trinajstić information content (AvgIpc) is 2.19. The van der Waals surface area contributed by atoms with Crippen molar-refractivity contribution in [3.63, 3.8) is 0 Å². The zero-order valence-corrected chi connectivity index (χ0v) is 9.56. The summed E-state index contributed by atoms with van der Waals surface area (Å²) in [6.45, 7) is 6.48. The molecule has 4 heteroatoms. The molecule has 1 aromatic rings. The van der Waals surface area contributed by atoms with Gasteiger partial charge in [-0.25, -0.2) is 8.78 Å². The Morgan fingerprint density at radius 1 is 1.25 bits per heavy atom. The molecule has 0 aliphatic rings. The van der Waals surface area contributed by atoms with Crippen molar-refractivity contribution in [2.24, 2.45) is 5.41 Å². The lowest BCUT2D eigenvalue weighted by Crippen LogP contribution is -2.19. The largest absolute Gasteiger partial charge is 0.382 e. The van der Waals surface area contributed by atoms with Gasteiger partial charge in [-0.15, -0.1) is 0 Å². The Balaban J connectivity index is 2.92. The monoisotopic (exact) mass is 224 g/mol. The van der Waals surface area contributed by atoms with Crippen molar-refractivity contribution in [3.05, 3.63) is 29.3 Å².